The molecule has 1 rings (SSSR count). The van der Waals surface area contributed by atoms with Crippen LogP contribution >= 0.6 is 11.8 Å². The predicted octanol–water partition coefficient (Wildman–Crippen LogP) is 1.13. The first-order valence-corrected chi connectivity index (χ1v) is 6.46. The van der Waals surface area contributed by atoms with Crippen molar-refractivity contribution in [1.29, 1.82) is 0 Å². The van der Waals surface area contributed by atoms with Gasteiger partial charge in [0.2, 0.25) is 6.29 Å². The fraction of sp³-hybridized carbons (Fsp3) is 0.636. The molecule has 0 aliphatic carbocycles. The van der Waals surface area contributed by atoms with Crippen LogP contribution in [-0.4, -0.2) is 42.9 Å². The topological polar surface area (TPSA) is 61.8 Å². The van der Waals surface area contributed by atoms with E-state index in [0.717, 1.165) is 5.75 Å². The summed E-state index contributed by atoms with van der Waals surface area (Å²) < 4.78 is 15.0. The Hall–Kier alpha value is -1.01. The molecule has 1 saturated heterocycles. The lowest BCUT2D eigenvalue weighted by Crippen LogP contribution is -2.29. The lowest BCUT2D eigenvalue weighted by molar-refractivity contribution is -0.174. The van der Waals surface area contributed by atoms with E-state index in [2.05, 4.69) is 6.58 Å². The zero-order chi connectivity index (χ0) is 12.7. The maximum atomic E-state index is 11.3. The van der Waals surface area contributed by atoms with E-state index < -0.39 is 18.2 Å². The number of esters is 2. The molecule has 0 aromatic carbocycles. The fourth-order valence-electron chi connectivity index (χ4n) is 1.09. The number of hydrogen-bond donors (Lipinski definition) is 0. The van der Waals surface area contributed by atoms with E-state index in [4.69, 9.17) is 14.2 Å². The van der Waals surface area contributed by atoms with Crippen LogP contribution in [0.3, 0.4) is 0 Å². The van der Waals surface area contributed by atoms with Crippen molar-refractivity contribution in [3.63, 3.8) is 0 Å². The molecular weight excluding hydrogens is 244 g/mol. The highest BCUT2D eigenvalue weighted by molar-refractivity contribution is 7.99. The van der Waals surface area contributed by atoms with Crippen molar-refractivity contribution < 1.29 is 23.8 Å². The molecule has 1 fully saturated rings. The van der Waals surface area contributed by atoms with Gasteiger partial charge >= 0.3 is 11.9 Å². The van der Waals surface area contributed by atoms with E-state index in [-0.39, 0.29) is 13.0 Å². The van der Waals surface area contributed by atoms with Crippen molar-refractivity contribution in [1.82, 2.24) is 0 Å². The molecule has 0 bridgehead atoms. The number of carbonyl (C=O) groups is 2. The lowest BCUT2D eigenvalue weighted by atomic mass is 10.4. The van der Waals surface area contributed by atoms with Crippen LogP contribution in [0.15, 0.2) is 12.2 Å². The largest absolute Gasteiger partial charge is 0.462 e. The Morgan fingerprint density at radius 1 is 1.53 bits per heavy atom. The second-order valence-corrected chi connectivity index (χ2v) is 4.68. The van der Waals surface area contributed by atoms with Crippen LogP contribution in [-0.2, 0) is 23.8 Å². The van der Waals surface area contributed by atoms with Crippen molar-refractivity contribution in [2.24, 2.45) is 0 Å². The van der Waals surface area contributed by atoms with Crippen LogP contribution in [0.1, 0.15) is 13.3 Å². The lowest BCUT2D eigenvalue weighted by Gasteiger charge is -2.21. The van der Waals surface area contributed by atoms with Crippen molar-refractivity contribution in [3.8, 4) is 0 Å². The molecule has 0 aromatic heterocycles. The third-order valence-electron chi connectivity index (χ3n) is 1.94. The summed E-state index contributed by atoms with van der Waals surface area (Å²) in [7, 11) is 0. The van der Waals surface area contributed by atoms with E-state index in [1.54, 1.807) is 18.7 Å². The Balaban J connectivity index is 2.12. The van der Waals surface area contributed by atoms with Gasteiger partial charge in [0, 0.05) is 11.3 Å². The van der Waals surface area contributed by atoms with Gasteiger partial charge < -0.3 is 14.2 Å². The molecular formula is C11H16O5S. The molecule has 0 amide bonds. The van der Waals surface area contributed by atoms with Crippen LogP contribution in [0.2, 0.25) is 0 Å². The summed E-state index contributed by atoms with van der Waals surface area (Å²) in [6, 6.07) is 0. The van der Waals surface area contributed by atoms with Gasteiger partial charge in [-0.05, 0) is 6.92 Å². The summed E-state index contributed by atoms with van der Waals surface area (Å²) in [6.07, 6.45) is -0.443. The van der Waals surface area contributed by atoms with Gasteiger partial charge in [-0.25, -0.2) is 4.79 Å². The normalized spacial score (nSPS) is 19.5. The van der Waals surface area contributed by atoms with Crippen molar-refractivity contribution in [2.75, 3.05) is 24.7 Å². The fourth-order valence-corrected chi connectivity index (χ4v) is 1.83. The van der Waals surface area contributed by atoms with Crippen molar-refractivity contribution >= 4 is 23.7 Å². The minimum absolute atomic E-state index is 0.00435. The number of thioether (sulfide) groups is 1. The Morgan fingerprint density at radius 2 is 2.29 bits per heavy atom. The van der Waals surface area contributed by atoms with Crippen LogP contribution in [0.4, 0.5) is 0 Å². The molecule has 1 unspecified atom stereocenters. The summed E-state index contributed by atoms with van der Waals surface area (Å²) >= 11 is 1.68. The van der Waals surface area contributed by atoms with Gasteiger partial charge in [0.25, 0.3) is 0 Å². The molecule has 1 heterocycles. The molecule has 1 atom stereocenters. The van der Waals surface area contributed by atoms with E-state index in [0.29, 0.717) is 17.9 Å². The highest BCUT2D eigenvalue weighted by Gasteiger charge is 2.18. The first-order valence-electron chi connectivity index (χ1n) is 5.31. The van der Waals surface area contributed by atoms with Crippen LogP contribution in [0, 0.1) is 0 Å². The highest BCUT2D eigenvalue weighted by Crippen LogP contribution is 2.13. The Kier molecular flexibility index (Phi) is 6.07. The second kappa shape index (κ2) is 7.34. The second-order valence-electron chi connectivity index (χ2n) is 3.53. The van der Waals surface area contributed by atoms with Crippen LogP contribution < -0.4 is 0 Å². The van der Waals surface area contributed by atoms with Crippen molar-refractivity contribution in [3.05, 3.63) is 12.2 Å². The molecule has 1 aliphatic rings. The predicted molar refractivity (Wildman–Crippen MR) is 63.5 cm³/mol. The van der Waals surface area contributed by atoms with Gasteiger partial charge in [-0.3, -0.25) is 4.79 Å². The minimum atomic E-state index is -0.498. The highest BCUT2D eigenvalue weighted by atomic mass is 32.2. The number of carbonyl (C=O) groups excluding carboxylic acids is 2. The summed E-state index contributed by atoms with van der Waals surface area (Å²) in [6.45, 7) is 5.58. The zero-order valence-electron chi connectivity index (χ0n) is 9.77. The first kappa shape index (κ1) is 14.1. The van der Waals surface area contributed by atoms with Crippen LogP contribution in [0.5, 0.6) is 0 Å². The number of ether oxygens (including phenoxy) is 3. The maximum Gasteiger partial charge on any atom is 0.333 e. The molecule has 6 heteroatoms. The summed E-state index contributed by atoms with van der Waals surface area (Å²) in [5.74, 6) is 0.649. The SMILES string of the molecule is C=C(C)C(=O)OCCC(=O)OC1CSCCO1. The molecule has 1 aliphatic heterocycles. The van der Waals surface area contributed by atoms with Gasteiger partial charge in [-0.2, -0.15) is 11.8 Å². The molecule has 0 saturated carbocycles. The zero-order valence-corrected chi connectivity index (χ0v) is 10.6. The van der Waals surface area contributed by atoms with Gasteiger partial charge in [0.15, 0.2) is 0 Å². The summed E-state index contributed by atoms with van der Waals surface area (Å²) in [5, 5.41) is 0. The smallest absolute Gasteiger partial charge is 0.333 e. The minimum Gasteiger partial charge on any atom is -0.462 e. The van der Waals surface area contributed by atoms with Gasteiger partial charge in [-0.15, -0.1) is 0 Å². The standard InChI is InChI=1S/C11H16O5S/c1-8(2)11(13)15-4-3-9(12)16-10-7-17-6-5-14-10/h10H,1,3-7H2,2H3. The van der Waals surface area contributed by atoms with E-state index >= 15 is 0 Å². The quantitative estimate of drug-likeness (QED) is 0.545. The average Bonchev–Trinajstić information content (AvgIpc) is 2.30. The Bertz CT molecular complexity index is 296. The van der Waals surface area contributed by atoms with Gasteiger partial charge in [-0.1, -0.05) is 6.58 Å². The van der Waals surface area contributed by atoms with E-state index in [9.17, 15) is 9.59 Å². The monoisotopic (exact) mass is 260 g/mol. The van der Waals surface area contributed by atoms with E-state index in [1.165, 1.54) is 0 Å². The molecule has 0 spiro atoms. The molecule has 0 aromatic rings. The molecule has 17 heavy (non-hydrogen) atoms. The van der Waals surface area contributed by atoms with Crippen molar-refractivity contribution in [2.45, 2.75) is 19.6 Å². The first-order chi connectivity index (χ1) is 8.09. The summed E-state index contributed by atoms with van der Waals surface area (Å²) in [5.41, 5.74) is 0.311. The van der Waals surface area contributed by atoms with Crippen LogP contribution in [0.25, 0.3) is 0 Å². The number of hydrogen-bond acceptors (Lipinski definition) is 6. The molecule has 96 valence electrons. The Labute approximate surface area is 104 Å². The molecule has 0 radical (unpaired) electrons. The maximum absolute atomic E-state index is 11.3. The summed E-state index contributed by atoms with van der Waals surface area (Å²) in [4.78, 5) is 22.3. The average molecular weight is 260 g/mol. The number of rotatable bonds is 5. The van der Waals surface area contributed by atoms with E-state index in [1.807, 2.05) is 0 Å². The Morgan fingerprint density at radius 3 is 2.88 bits per heavy atom. The molecule has 0 N–H and O–H groups in total. The van der Waals surface area contributed by atoms with Gasteiger partial charge in [0.05, 0.1) is 18.8 Å². The molecule has 5 nitrogen and oxygen atoms in total. The third-order valence-corrected chi connectivity index (χ3v) is 2.90. The third kappa shape index (κ3) is 5.74. The van der Waals surface area contributed by atoms with Gasteiger partial charge in [0.1, 0.15) is 6.61 Å².